The summed E-state index contributed by atoms with van der Waals surface area (Å²) in [4.78, 5) is 49.1. The fourth-order valence-corrected chi connectivity index (χ4v) is 3.70. The molecule has 1 aliphatic carbocycles. The maximum atomic E-state index is 12.8. The maximum absolute atomic E-state index is 12.8. The Labute approximate surface area is 171 Å². The van der Waals surface area contributed by atoms with Gasteiger partial charge < -0.3 is 15.2 Å². The largest absolute Gasteiger partial charge is 0.359 e. The molecule has 3 rings (SSSR count). The summed E-state index contributed by atoms with van der Waals surface area (Å²) >= 11 is 1.22. The number of amides is 2. The van der Waals surface area contributed by atoms with Crippen LogP contribution in [0.3, 0.4) is 0 Å². The van der Waals surface area contributed by atoms with Gasteiger partial charge in [-0.2, -0.15) is 0 Å². The van der Waals surface area contributed by atoms with Gasteiger partial charge in [0.05, 0.1) is 4.91 Å². The second-order valence-corrected chi connectivity index (χ2v) is 7.37. The van der Waals surface area contributed by atoms with Gasteiger partial charge in [0.15, 0.2) is 5.69 Å². The first-order valence-electron chi connectivity index (χ1n) is 9.01. The van der Waals surface area contributed by atoms with Crippen molar-refractivity contribution in [3.8, 4) is 0 Å². The van der Waals surface area contributed by atoms with Crippen molar-refractivity contribution in [3.05, 3.63) is 58.3 Å². The number of anilines is 1. The van der Waals surface area contributed by atoms with E-state index >= 15 is 0 Å². The van der Waals surface area contributed by atoms with Crippen molar-refractivity contribution in [3.63, 3.8) is 0 Å². The highest BCUT2D eigenvalue weighted by Gasteiger charge is 2.36. The molecule has 150 valence electrons. The van der Waals surface area contributed by atoms with E-state index in [0.29, 0.717) is 30.7 Å². The number of rotatable bonds is 8. The average Bonchev–Trinajstić information content (AvgIpc) is 3.18. The van der Waals surface area contributed by atoms with E-state index in [-0.39, 0.29) is 27.8 Å². The molecule has 0 radical (unpaired) electrons. The first-order valence-corrected chi connectivity index (χ1v) is 10.00. The molecule has 1 aliphatic rings. The third-order valence-electron chi connectivity index (χ3n) is 4.21. The van der Waals surface area contributed by atoms with Gasteiger partial charge >= 0.3 is 0 Å². The lowest BCUT2D eigenvalue weighted by atomic mass is 9.99. The van der Waals surface area contributed by atoms with Crippen molar-refractivity contribution < 1.29 is 23.7 Å². The van der Waals surface area contributed by atoms with Crippen LogP contribution in [0.2, 0.25) is 0 Å². The number of nitrogens with one attached hydrogen (secondary N) is 2. The number of hydrogen-bond donors (Lipinski definition) is 2. The van der Waals surface area contributed by atoms with E-state index in [1.807, 2.05) is 0 Å². The van der Waals surface area contributed by atoms with Gasteiger partial charge in [0.2, 0.25) is 23.2 Å². The van der Waals surface area contributed by atoms with Crippen LogP contribution >= 0.6 is 11.8 Å². The zero-order valence-electron chi connectivity index (χ0n) is 15.7. The standard InChI is InChI=1S/C20H19N3O5S/c1-21-15(25)9-5-6-10-29-14-11-13(24)19-16(18(14)26)17(23-28-19)20(27)22-12-7-3-2-4-8-12/h2-4,7-8,11H,5-6,9-10H2,1H3,(H,21,25)(H,22,27). The Bertz CT molecular complexity index is 981. The van der Waals surface area contributed by atoms with Crippen molar-refractivity contribution in [1.82, 2.24) is 10.5 Å². The molecule has 1 aromatic carbocycles. The van der Waals surface area contributed by atoms with E-state index in [2.05, 4.69) is 15.8 Å². The van der Waals surface area contributed by atoms with E-state index in [1.54, 1.807) is 37.4 Å². The van der Waals surface area contributed by atoms with Crippen LogP contribution in [-0.4, -0.2) is 41.3 Å². The van der Waals surface area contributed by atoms with E-state index < -0.39 is 17.5 Å². The van der Waals surface area contributed by atoms with Crippen molar-refractivity contribution in [1.29, 1.82) is 0 Å². The summed E-state index contributed by atoms with van der Waals surface area (Å²) in [5, 5.41) is 8.83. The second kappa shape index (κ2) is 9.33. The molecule has 0 aliphatic heterocycles. The van der Waals surface area contributed by atoms with Crippen LogP contribution in [0.15, 0.2) is 45.8 Å². The Morgan fingerprint density at radius 1 is 1.14 bits per heavy atom. The number of hydrogen-bond acceptors (Lipinski definition) is 7. The van der Waals surface area contributed by atoms with Crippen LogP contribution in [0.25, 0.3) is 0 Å². The predicted octanol–water partition coefficient (Wildman–Crippen LogP) is 2.84. The predicted molar refractivity (Wildman–Crippen MR) is 108 cm³/mol. The lowest BCUT2D eigenvalue weighted by molar-refractivity contribution is -0.120. The molecule has 0 saturated heterocycles. The molecule has 0 saturated carbocycles. The zero-order valence-corrected chi connectivity index (χ0v) is 16.5. The number of allylic oxidation sites excluding steroid dienone is 2. The molecule has 29 heavy (non-hydrogen) atoms. The molecule has 1 aromatic heterocycles. The molecule has 2 amide bonds. The molecule has 9 heteroatoms. The molecule has 1 heterocycles. The van der Waals surface area contributed by atoms with E-state index in [9.17, 15) is 19.2 Å². The van der Waals surface area contributed by atoms with Crippen molar-refractivity contribution in [2.45, 2.75) is 19.3 Å². The summed E-state index contributed by atoms with van der Waals surface area (Å²) in [5.74, 6) is -1.29. The third-order valence-corrected chi connectivity index (χ3v) is 5.32. The van der Waals surface area contributed by atoms with Crippen LogP contribution in [-0.2, 0) is 4.79 Å². The summed E-state index contributed by atoms with van der Waals surface area (Å²) in [6, 6.07) is 8.70. The number of benzene rings is 1. The van der Waals surface area contributed by atoms with Gasteiger partial charge in [-0.15, -0.1) is 11.8 Å². The number of carbonyl (C=O) groups is 4. The van der Waals surface area contributed by atoms with Crippen LogP contribution in [0, 0.1) is 0 Å². The monoisotopic (exact) mass is 413 g/mol. The van der Waals surface area contributed by atoms with E-state index in [1.165, 1.54) is 17.8 Å². The summed E-state index contributed by atoms with van der Waals surface area (Å²) < 4.78 is 4.98. The third kappa shape index (κ3) is 4.80. The Morgan fingerprint density at radius 3 is 2.62 bits per heavy atom. The van der Waals surface area contributed by atoms with Crippen LogP contribution < -0.4 is 10.6 Å². The number of unbranched alkanes of at least 4 members (excludes halogenated alkanes) is 1. The number of Topliss-reactive ketones (excluding diaryl/α,β-unsaturated/α-hetero) is 1. The maximum Gasteiger partial charge on any atom is 0.278 e. The fourth-order valence-electron chi connectivity index (χ4n) is 2.71. The van der Waals surface area contributed by atoms with E-state index in [0.717, 1.165) is 0 Å². The van der Waals surface area contributed by atoms with Gasteiger partial charge in [0.1, 0.15) is 5.56 Å². The fraction of sp³-hybridized carbons (Fsp3) is 0.250. The molecule has 2 N–H and O–H groups in total. The molecular weight excluding hydrogens is 394 g/mol. The SMILES string of the molecule is CNC(=O)CCCCSC1=CC(=O)c2onc(C(=O)Nc3ccccc3)c2C1=O. The molecule has 0 atom stereocenters. The number of nitrogens with zero attached hydrogens (tertiary/aromatic N) is 1. The first-order chi connectivity index (χ1) is 14.0. The van der Waals surface area contributed by atoms with Crippen molar-refractivity contribution >= 4 is 40.8 Å². The number of fused-ring (bicyclic) bond motifs is 1. The number of carbonyl (C=O) groups excluding carboxylic acids is 4. The topological polar surface area (TPSA) is 118 Å². The molecule has 8 nitrogen and oxygen atoms in total. The second-order valence-electron chi connectivity index (χ2n) is 6.24. The molecule has 0 bridgehead atoms. The summed E-state index contributed by atoms with van der Waals surface area (Å²) in [6.07, 6.45) is 2.99. The molecule has 0 unspecified atom stereocenters. The Morgan fingerprint density at radius 2 is 1.90 bits per heavy atom. The Hall–Kier alpha value is -3.20. The van der Waals surface area contributed by atoms with Gasteiger partial charge in [-0.3, -0.25) is 19.2 Å². The minimum absolute atomic E-state index is 0.0404. The van der Waals surface area contributed by atoms with Gasteiger partial charge in [-0.25, -0.2) is 0 Å². The summed E-state index contributed by atoms with van der Waals surface area (Å²) in [7, 11) is 1.58. The highest BCUT2D eigenvalue weighted by atomic mass is 32.2. The molecular formula is C20H19N3O5S. The Kier molecular flexibility index (Phi) is 6.61. The summed E-state index contributed by atoms with van der Waals surface area (Å²) in [5.41, 5.74) is 0.205. The number of ketones is 2. The minimum Gasteiger partial charge on any atom is -0.359 e. The number of para-hydroxylation sites is 1. The van der Waals surface area contributed by atoms with Gasteiger partial charge in [-0.05, 0) is 30.7 Å². The summed E-state index contributed by atoms with van der Waals surface area (Å²) in [6.45, 7) is 0. The van der Waals surface area contributed by atoms with Crippen molar-refractivity contribution in [2.24, 2.45) is 0 Å². The Balaban J connectivity index is 1.68. The minimum atomic E-state index is -0.626. The number of aromatic nitrogens is 1. The van der Waals surface area contributed by atoms with Crippen LogP contribution in [0.5, 0.6) is 0 Å². The smallest absolute Gasteiger partial charge is 0.278 e. The molecule has 0 fully saturated rings. The lowest BCUT2D eigenvalue weighted by Gasteiger charge is -2.11. The van der Waals surface area contributed by atoms with Gasteiger partial charge in [0, 0.05) is 25.2 Å². The molecule has 2 aromatic rings. The zero-order chi connectivity index (χ0) is 20.8. The highest BCUT2D eigenvalue weighted by Crippen LogP contribution is 2.31. The number of thioether (sulfide) groups is 1. The average molecular weight is 413 g/mol. The van der Waals surface area contributed by atoms with Gasteiger partial charge in [-0.1, -0.05) is 23.4 Å². The normalized spacial score (nSPS) is 12.9. The van der Waals surface area contributed by atoms with E-state index in [4.69, 9.17) is 4.52 Å². The first kappa shape index (κ1) is 20.5. The van der Waals surface area contributed by atoms with Crippen molar-refractivity contribution in [2.75, 3.05) is 18.1 Å². The quantitative estimate of drug-likeness (QED) is 0.639. The highest BCUT2D eigenvalue weighted by molar-refractivity contribution is 8.04. The van der Waals surface area contributed by atoms with Crippen LogP contribution in [0.4, 0.5) is 5.69 Å². The van der Waals surface area contributed by atoms with Gasteiger partial charge in [0.25, 0.3) is 5.91 Å². The van der Waals surface area contributed by atoms with Crippen LogP contribution in [0.1, 0.15) is 50.7 Å². The molecule has 0 spiro atoms. The lowest BCUT2D eigenvalue weighted by Crippen LogP contribution is -2.20.